The number of aromatic nitrogens is 3. The summed E-state index contributed by atoms with van der Waals surface area (Å²) in [6.07, 6.45) is 5.86. The van der Waals surface area contributed by atoms with Gasteiger partial charge < -0.3 is 14.7 Å². The Morgan fingerprint density at radius 2 is 2.11 bits per heavy atom. The van der Waals surface area contributed by atoms with Crippen LogP contribution in [-0.2, 0) is 4.74 Å². The number of nitrogens with one attached hydrogen (secondary N) is 2. The third kappa shape index (κ3) is 1.46. The first-order chi connectivity index (χ1) is 8.70. The molecule has 0 unspecified atom stereocenters. The summed E-state index contributed by atoms with van der Waals surface area (Å²) in [5, 5.41) is 2.24. The Hall–Kier alpha value is -2.37. The summed E-state index contributed by atoms with van der Waals surface area (Å²) >= 11 is 0. The van der Waals surface area contributed by atoms with Crippen LogP contribution in [0, 0.1) is 0 Å². The molecule has 6 nitrogen and oxygen atoms in total. The maximum absolute atomic E-state index is 12.0. The highest BCUT2D eigenvalue weighted by atomic mass is 16.5. The van der Waals surface area contributed by atoms with Crippen LogP contribution < -0.4 is 16.1 Å². The standard InChI is InChI=1S/C12H11N3O3/c1-18-12(17)10-14-9-8(11(16)15-10)6-4-2-3-5-7(6)13-9/h4-5H,2-3H2,1H3,(H2,13,14,15,16). The predicted molar refractivity (Wildman–Crippen MR) is 65.5 cm³/mol. The lowest BCUT2D eigenvalue weighted by Crippen LogP contribution is -2.28. The van der Waals surface area contributed by atoms with Crippen LogP contribution >= 0.6 is 0 Å². The highest BCUT2D eigenvalue weighted by Crippen LogP contribution is 2.02. The molecule has 0 amide bonds. The van der Waals surface area contributed by atoms with Crippen LogP contribution in [0.1, 0.15) is 23.5 Å². The average molecular weight is 245 g/mol. The van der Waals surface area contributed by atoms with E-state index in [-0.39, 0.29) is 11.4 Å². The fourth-order valence-electron chi connectivity index (χ4n) is 2.16. The summed E-state index contributed by atoms with van der Waals surface area (Å²) in [4.78, 5) is 32.9. The van der Waals surface area contributed by atoms with E-state index in [0.29, 0.717) is 11.0 Å². The third-order valence-corrected chi connectivity index (χ3v) is 2.97. The summed E-state index contributed by atoms with van der Waals surface area (Å²) in [5.41, 5.74) is 0.0861. The molecular weight excluding hydrogens is 234 g/mol. The van der Waals surface area contributed by atoms with Gasteiger partial charge in [0.1, 0.15) is 5.65 Å². The van der Waals surface area contributed by atoms with E-state index in [1.54, 1.807) is 0 Å². The van der Waals surface area contributed by atoms with Crippen LogP contribution in [0.15, 0.2) is 4.79 Å². The van der Waals surface area contributed by atoms with E-state index in [1.807, 2.05) is 12.2 Å². The lowest BCUT2D eigenvalue weighted by molar-refractivity contribution is 0.0587. The number of carbonyl (C=O) groups excluding carboxylic acids is 1. The quantitative estimate of drug-likeness (QED) is 0.656. The molecule has 0 bridgehead atoms. The molecule has 1 aliphatic rings. The molecular formula is C12H11N3O3. The van der Waals surface area contributed by atoms with Crippen LogP contribution in [0.4, 0.5) is 0 Å². The summed E-state index contributed by atoms with van der Waals surface area (Å²) in [6, 6.07) is 0. The van der Waals surface area contributed by atoms with Gasteiger partial charge in [-0.05, 0) is 12.8 Å². The Kier molecular flexibility index (Phi) is 2.29. The van der Waals surface area contributed by atoms with Gasteiger partial charge in [0.2, 0.25) is 5.82 Å². The van der Waals surface area contributed by atoms with Gasteiger partial charge in [-0.15, -0.1) is 0 Å². The van der Waals surface area contributed by atoms with E-state index in [9.17, 15) is 9.59 Å². The van der Waals surface area contributed by atoms with Gasteiger partial charge in [0.15, 0.2) is 0 Å². The molecule has 2 heterocycles. The second-order valence-corrected chi connectivity index (χ2v) is 4.07. The van der Waals surface area contributed by atoms with Gasteiger partial charge in [-0.25, -0.2) is 9.78 Å². The highest BCUT2D eigenvalue weighted by Gasteiger charge is 2.14. The van der Waals surface area contributed by atoms with Crippen LogP contribution in [0.25, 0.3) is 23.2 Å². The molecule has 18 heavy (non-hydrogen) atoms. The van der Waals surface area contributed by atoms with Crippen molar-refractivity contribution in [3.63, 3.8) is 0 Å². The zero-order chi connectivity index (χ0) is 12.7. The van der Waals surface area contributed by atoms with Crippen molar-refractivity contribution < 1.29 is 9.53 Å². The van der Waals surface area contributed by atoms with Gasteiger partial charge >= 0.3 is 5.97 Å². The molecule has 0 saturated carbocycles. The van der Waals surface area contributed by atoms with Crippen molar-refractivity contribution in [2.75, 3.05) is 7.11 Å². The topological polar surface area (TPSA) is 87.8 Å². The van der Waals surface area contributed by atoms with E-state index in [4.69, 9.17) is 0 Å². The second kappa shape index (κ2) is 3.83. The van der Waals surface area contributed by atoms with Crippen molar-refractivity contribution in [3.8, 4) is 0 Å². The molecule has 3 rings (SSSR count). The minimum absolute atomic E-state index is 0.0893. The van der Waals surface area contributed by atoms with Crippen LogP contribution in [0.2, 0.25) is 0 Å². The number of rotatable bonds is 1. The minimum atomic E-state index is -0.658. The second-order valence-electron chi connectivity index (χ2n) is 4.07. The molecule has 0 atom stereocenters. The van der Waals surface area contributed by atoms with E-state index in [0.717, 1.165) is 23.4 Å². The lowest BCUT2D eigenvalue weighted by Gasteiger charge is -1.97. The molecule has 0 aromatic carbocycles. The van der Waals surface area contributed by atoms with Crippen LogP contribution in [0.3, 0.4) is 0 Å². The van der Waals surface area contributed by atoms with E-state index >= 15 is 0 Å². The fraction of sp³-hybridized carbons (Fsp3) is 0.250. The summed E-state index contributed by atoms with van der Waals surface area (Å²) < 4.78 is 4.54. The molecule has 92 valence electrons. The van der Waals surface area contributed by atoms with Gasteiger partial charge in [0, 0.05) is 10.6 Å². The summed E-state index contributed by atoms with van der Waals surface area (Å²) in [6.45, 7) is 0. The molecule has 2 aromatic heterocycles. The van der Waals surface area contributed by atoms with Crippen molar-refractivity contribution in [2.45, 2.75) is 12.8 Å². The van der Waals surface area contributed by atoms with E-state index in [2.05, 4.69) is 19.7 Å². The van der Waals surface area contributed by atoms with Gasteiger partial charge in [-0.1, -0.05) is 12.2 Å². The number of hydrogen-bond donors (Lipinski definition) is 2. The number of methoxy groups -OCH3 is 1. The molecule has 0 radical (unpaired) electrons. The smallest absolute Gasteiger partial charge is 0.374 e. The first-order valence-electron chi connectivity index (χ1n) is 5.61. The zero-order valence-electron chi connectivity index (χ0n) is 9.74. The number of fused-ring (bicyclic) bond motifs is 3. The average Bonchev–Trinajstić information content (AvgIpc) is 2.76. The summed E-state index contributed by atoms with van der Waals surface area (Å²) in [5.74, 6) is -0.747. The van der Waals surface area contributed by atoms with Crippen LogP contribution in [-0.4, -0.2) is 28.0 Å². The zero-order valence-corrected chi connectivity index (χ0v) is 9.74. The lowest BCUT2D eigenvalue weighted by atomic mass is 10.1. The van der Waals surface area contributed by atoms with Gasteiger partial charge in [0.25, 0.3) is 5.56 Å². The number of ether oxygens (including phenoxy) is 1. The van der Waals surface area contributed by atoms with Gasteiger partial charge in [-0.2, -0.15) is 0 Å². The molecule has 0 spiro atoms. The first kappa shape index (κ1) is 10.8. The van der Waals surface area contributed by atoms with Crippen molar-refractivity contribution in [1.82, 2.24) is 15.0 Å². The molecule has 2 N–H and O–H groups in total. The fourth-order valence-corrected chi connectivity index (χ4v) is 2.16. The van der Waals surface area contributed by atoms with Crippen molar-refractivity contribution in [3.05, 3.63) is 26.7 Å². The maximum Gasteiger partial charge on any atom is 0.374 e. The number of hydrogen-bond acceptors (Lipinski definition) is 4. The molecule has 1 aliphatic carbocycles. The molecule has 0 saturated heterocycles. The van der Waals surface area contributed by atoms with Crippen molar-refractivity contribution in [1.29, 1.82) is 0 Å². The molecule has 0 fully saturated rings. The Morgan fingerprint density at radius 1 is 1.33 bits per heavy atom. The minimum Gasteiger partial charge on any atom is -0.463 e. The SMILES string of the molecule is COC(=O)c1nc2[nH]c3c(c2c(=O)[nH]1)=CCCC=3. The third-order valence-electron chi connectivity index (χ3n) is 2.97. The van der Waals surface area contributed by atoms with Gasteiger partial charge in [-0.3, -0.25) is 4.79 Å². The Balaban J connectivity index is 2.42. The number of nitrogens with zero attached hydrogens (tertiary/aromatic N) is 1. The Bertz CT molecular complexity index is 813. The predicted octanol–water partition coefficient (Wildman–Crippen LogP) is -0.607. The van der Waals surface area contributed by atoms with Crippen LogP contribution in [0.5, 0.6) is 0 Å². The first-order valence-corrected chi connectivity index (χ1v) is 5.61. The Labute approximate surface area is 101 Å². The monoisotopic (exact) mass is 245 g/mol. The van der Waals surface area contributed by atoms with Gasteiger partial charge in [0.05, 0.1) is 12.5 Å². The molecule has 2 aromatic rings. The maximum atomic E-state index is 12.0. The number of aromatic amines is 2. The van der Waals surface area contributed by atoms with E-state index < -0.39 is 5.97 Å². The van der Waals surface area contributed by atoms with Crippen molar-refractivity contribution >= 4 is 29.2 Å². The highest BCUT2D eigenvalue weighted by molar-refractivity contribution is 5.88. The van der Waals surface area contributed by atoms with Crippen molar-refractivity contribution in [2.24, 2.45) is 0 Å². The number of carbonyl (C=O) groups is 1. The largest absolute Gasteiger partial charge is 0.463 e. The Morgan fingerprint density at radius 3 is 2.89 bits per heavy atom. The molecule has 6 heteroatoms. The normalized spacial score (nSPS) is 13.6. The number of H-pyrrole nitrogens is 2. The summed E-state index contributed by atoms with van der Waals surface area (Å²) in [7, 11) is 1.24. The number of esters is 1. The van der Waals surface area contributed by atoms with E-state index in [1.165, 1.54) is 7.11 Å². The molecule has 0 aliphatic heterocycles.